The lowest BCUT2D eigenvalue weighted by atomic mass is 9.95. The van der Waals surface area contributed by atoms with Crippen LogP contribution in [0, 0.1) is 0 Å². The Morgan fingerprint density at radius 3 is 2.43 bits per heavy atom. The zero-order chi connectivity index (χ0) is 35.1. The lowest BCUT2D eigenvalue weighted by Crippen LogP contribution is -2.43. The van der Waals surface area contributed by atoms with Crippen molar-refractivity contribution in [3.63, 3.8) is 0 Å². The average Bonchev–Trinajstić information content (AvgIpc) is 3.39. The van der Waals surface area contributed by atoms with Crippen LogP contribution in [0.1, 0.15) is 54.4 Å². The van der Waals surface area contributed by atoms with Crippen LogP contribution in [0.3, 0.4) is 0 Å². The van der Waals surface area contributed by atoms with Crippen molar-refractivity contribution < 1.29 is 23.8 Å². The van der Waals surface area contributed by atoms with E-state index in [0.717, 1.165) is 16.7 Å². The Balaban J connectivity index is 1.59. The summed E-state index contributed by atoms with van der Waals surface area (Å²) in [5.41, 5.74) is 3.85. The molecular weight excluding hydrogens is 643 g/mol. The third kappa shape index (κ3) is 7.69. The number of carbonyl (C=O) groups is 2. The molecular formula is C37H43N5O6S. The van der Waals surface area contributed by atoms with Gasteiger partial charge in [-0.15, -0.1) is 0 Å². The van der Waals surface area contributed by atoms with Gasteiger partial charge in [-0.25, -0.2) is 4.98 Å². The van der Waals surface area contributed by atoms with Crippen LogP contribution in [0.4, 0.5) is 5.69 Å². The van der Waals surface area contributed by atoms with Crippen molar-refractivity contribution in [3.05, 3.63) is 99.7 Å². The molecule has 1 aliphatic rings. The van der Waals surface area contributed by atoms with Gasteiger partial charge in [0.25, 0.3) is 0 Å². The average molecular weight is 686 g/mol. The number of hydrogen-bond donors (Lipinski definition) is 3. The Morgan fingerprint density at radius 2 is 1.80 bits per heavy atom. The standard InChI is InChI=1S/C37H43N5O6S/c1-22(43)39-27-14-12-24-20-31(46-3)34(47-4)35(48-5)32(24)25-13-15-28(30(44)21-26(25)27)40-29(16-19-49-6)37(45)41-33(23-10-8-7-9-11-23)36-38-17-18-42(36)2/h7-11,13,15,17-18,20-21,27,29,33H,12,14,16,19H2,1-6H3,(H,39,43)(H,40,44)(H,41,45)/t27-,29-,33+/m0/s1. The maximum atomic E-state index is 14.1. The number of imidazole rings is 1. The van der Waals surface area contributed by atoms with Gasteiger partial charge in [-0.05, 0) is 71.7 Å². The number of aromatic nitrogens is 2. The van der Waals surface area contributed by atoms with Crippen LogP contribution in [0.25, 0.3) is 11.1 Å². The molecule has 258 valence electrons. The number of hydrogen-bond acceptors (Lipinski definition) is 9. The molecule has 5 rings (SSSR count). The Kier molecular flexibility index (Phi) is 11.5. The molecule has 1 aromatic heterocycles. The lowest BCUT2D eigenvalue weighted by molar-refractivity contribution is -0.122. The summed E-state index contributed by atoms with van der Waals surface area (Å²) in [6.45, 7) is 1.46. The van der Waals surface area contributed by atoms with Crippen LogP contribution in [0.15, 0.2) is 71.8 Å². The van der Waals surface area contributed by atoms with Gasteiger partial charge in [0, 0.05) is 31.9 Å². The molecule has 0 unspecified atom stereocenters. The van der Waals surface area contributed by atoms with Crippen molar-refractivity contribution in [2.24, 2.45) is 7.05 Å². The van der Waals surface area contributed by atoms with E-state index < -0.39 is 18.1 Å². The molecule has 49 heavy (non-hydrogen) atoms. The first-order valence-corrected chi connectivity index (χ1v) is 17.5. The Labute approximate surface area is 290 Å². The number of rotatable bonds is 13. The van der Waals surface area contributed by atoms with E-state index in [9.17, 15) is 14.4 Å². The van der Waals surface area contributed by atoms with Crippen LogP contribution in [0.2, 0.25) is 0 Å². The molecule has 3 aromatic carbocycles. The van der Waals surface area contributed by atoms with Gasteiger partial charge in [0.2, 0.25) is 23.0 Å². The monoisotopic (exact) mass is 685 g/mol. The molecule has 0 aliphatic heterocycles. The Hall–Kier alpha value is -4.97. The molecule has 3 N–H and O–H groups in total. The summed E-state index contributed by atoms with van der Waals surface area (Å²) in [6, 6.07) is 15.0. The van der Waals surface area contributed by atoms with Gasteiger partial charge in [-0.2, -0.15) is 11.8 Å². The number of nitrogens with zero attached hydrogens (tertiary/aromatic N) is 2. The van der Waals surface area contributed by atoms with Crippen molar-refractivity contribution in [1.29, 1.82) is 0 Å². The molecule has 11 nitrogen and oxygen atoms in total. The number of aryl methyl sites for hydroxylation is 2. The van der Waals surface area contributed by atoms with Crippen molar-refractivity contribution >= 4 is 29.3 Å². The number of fused-ring (bicyclic) bond motifs is 3. The molecule has 0 radical (unpaired) electrons. The second-order valence-electron chi connectivity index (χ2n) is 11.8. The van der Waals surface area contributed by atoms with Crippen LogP contribution >= 0.6 is 11.8 Å². The number of anilines is 1. The van der Waals surface area contributed by atoms with Gasteiger partial charge >= 0.3 is 0 Å². The first-order chi connectivity index (χ1) is 23.7. The fourth-order valence-corrected chi connectivity index (χ4v) is 6.83. The summed E-state index contributed by atoms with van der Waals surface area (Å²) >= 11 is 1.62. The van der Waals surface area contributed by atoms with Gasteiger partial charge in [0.05, 0.1) is 33.1 Å². The van der Waals surface area contributed by atoms with E-state index in [2.05, 4.69) is 20.9 Å². The topological polar surface area (TPSA) is 133 Å². The minimum atomic E-state index is -0.730. The number of methoxy groups -OCH3 is 3. The van der Waals surface area contributed by atoms with E-state index in [1.165, 1.54) is 6.92 Å². The predicted octanol–water partition coefficient (Wildman–Crippen LogP) is 5.04. The smallest absolute Gasteiger partial charge is 0.243 e. The molecule has 0 saturated heterocycles. The third-order valence-corrected chi connectivity index (χ3v) is 9.35. The van der Waals surface area contributed by atoms with Gasteiger partial charge in [-0.3, -0.25) is 14.4 Å². The fraction of sp³-hybridized carbons (Fsp3) is 0.351. The van der Waals surface area contributed by atoms with Crippen molar-refractivity contribution in [1.82, 2.24) is 20.2 Å². The summed E-state index contributed by atoms with van der Waals surface area (Å²) in [7, 11) is 6.56. The summed E-state index contributed by atoms with van der Waals surface area (Å²) in [5.74, 6) is 2.30. The SMILES string of the molecule is COc1cc2c(c(OC)c1OC)-c1ccc(N[C@@H](CCSC)C(=O)N[C@H](c3ccccc3)c3nccn3C)c(=O)cc1[C@@H](NC(C)=O)CC2. The molecule has 0 saturated carbocycles. The fourth-order valence-electron chi connectivity index (χ4n) is 6.36. The number of benzene rings is 2. The molecule has 0 spiro atoms. The number of carbonyl (C=O) groups excluding carboxylic acids is 2. The second kappa shape index (κ2) is 16.0. The highest BCUT2D eigenvalue weighted by atomic mass is 32.2. The van der Waals surface area contributed by atoms with Crippen LogP contribution in [-0.4, -0.2) is 60.7 Å². The lowest BCUT2D eigenvalue weighted by Gasteiger charge is -2.24. The molecule has 1 heterocycles. The van der Waals surface area contributed by atoms with Crippen molar-refractivity contribution in [3.8, 4) is 28.4 Å². The molecule has 4 aromatic rings. The van der Waals surface area contributed by atoms with Crippen LogP contribution in [-0.2, 0) is 23.1 Å². The van der Waals surface area contributed by atoms with E-state index in [4.69, 9.17) is 14.2 Å². The second-order valence-corrected chi connectivity index (χ2v) is 12.8. The third-order valence-electron chi connectivity index (χ3n) is 8.71. The van der Waals surface area contributed by atoms with Gasteiger partial charge in [0.15, 0.2) is 11.5 Å². The highest BCUT2D eigenvalue weighted by Crippen LogP contribution is 2.50. The zero-order valence-corrected chi connectivity index (χ0v) is 29.5. The minimum absolute atomic E-state index is 0.212. The summed E-state index contributed by atoms with van der Waals surface area (Å²) in [5, 5.41) is 9.50. The maximum Gasteiger partial charge on any atom is 0.243 e. The number of nitrogens with one attached hydrogen (secondary N) is 3. The van der Waals surface area contributed by atoms with E-state index in [-0.39, 0.29) is 22.9 Å². The molecule has 12 heteroatoms. The quantitative estimate of drug-likeness (QED) is 0.177. The van der Waals surface area contributed by atoms with E-state index in [0.29, 0.717) is 59.2 Å². The molecule has 1 aliphatic carbocycles. The number of amides is 2. The molecule has 0 bridgehead atoms. The summed E-state index contributed by atoms with van der Waals surface area (Å²) < 4.78 is 19.1. The minimum Gasteiger partial charge on any atom is -0.493 e. The summed E-state index contributed by atoms with van der Waals surface area (Å²) in [4.78, 5) is 45.0. The van der Waals surface area contributed by atoms with E-state index >= 15 is 0 Å². The predicted molar refractivity (Wildman–Crippen MR) is 193 cm³/mol. The van der Waals surface area contributed by atoms with Crippen molar-refractivity contribution in [2.75, 3.05) is 38.7 Å². The summed E-state index contributed by atoms with van der Waals surface area (Å²) in [6.07, 6.45) is 7.11. The Bertz CT molecular complexity index is 1860. The van der Waals surface area contributed by atoms with E-state index in [1.54, 1.807) is 51.4 Å². The first-order valence-electron chi connectivity index (χ1n) is 16.1. The van der Waals surface area contributed by atoms with E-state index in [1.807, 2.05) is 66.5 Å². The normalized spacial score (nSPS) is 14.7. The molecule has 0 fully saturated rings. The van der Waals surface area contributed by atoms with Crippen LogP contribution < -0.4 is 35.6 Å². The van der Waals surface area contributed by atoms with Gasteiger partial charge in [0.1, 0.15) is 17.9 Å². The zero-order valence-electron chi connectivity index (χ0n) is 28.7. The number of thioether (sulfide) groups is 1. The van der Waals surface area contributed by atoms with Crippen LogP contribution in [0.5, 0.6) is 17.2 Å². The highest BCUT2D eigenvalue weighted by molar-refractivity contribution is 7.98. The van der Waals surface area contributed by atoms with Gasteiger partial charge < -0.3 is 34.7 Å². The molecule has 2 amide bonds. The molecule has 3 atom stereocenters. The number of ether oxygens (including phenoxy) is 3. The van der Waals surface area contributed by atoms with Crippen molar-refractivity contribution in [2.45, 2.75) is 44.3 Å². The van der Waals surface area contributed by atoms with Gasteiger partial charge in [-0.1, -0.05) is 36.4 Å². The first kappa shape index (κ1) is 35.3. The Morgan fingerprint density at radius 1 is 1.04 bits per heavy atom. The maximum absolute atomic E-state index is 14.1. The largest absolute Gasteiger partial charge is 0.493 e. The highest BCUT2D eigenvalue weighted by Gasteiger charge is 2.30.